The number of hydrazine groups is 1. The Kier molecular flexibility index (Phi) is 7.12. The second kappa shape index (κ2) is 8.50. The molecule has 0 aromatic carbocycles. The molecule has 1 aliphatic heterocycles. The van der Waals surface area contributed by atoms with E-state index in [0.29, 0.717) is 19.6 Å². The van der Waals surface area contributed by atoms with Crippen LogP contribution in [0.25, 0.3) is 0 Å². The highest BCUT2D eigenvalue weighted by molar-refractivity contribution is 5.74. The molecule has 1 saturated heterocycles. The smallest absolute Gasteiger partial charge is 0.233 e. The van der Waals surface area contributed by atoms with E-state index in [2.05, 4.69) is 5.43 Å². The van der Waals surface area contributed by atoms with E-state index in [0.717, 1.165) is 25.9 Å². The van der Waals surface area contributed by atoms with E-state index >= 15 is 0 Å². The lowest BCUT2D eigenvalue weighted by atomic mass is 10.1. The average molecular weight is 230 g/mol. The second-order valence-electron chi connectivity index (χ2n) is 4.09. The van der Waals surface area contributed by atoms with Crippen LogP contribution in [0.3, 0.4) is 0 Å². The molecule has 0 spiro atoms. The van der Waals surface area contributed by atoms with E-state index in [1.54, 1.807) is 0 Å². The molecule has 0 aromatic rings. The highest BCUT2D eigenvalue weighted by Gasteiger charge is 2.13. The molecule has 1 fully saturated rings. The standard InChI is InChI=1S/C11H22N2O3/c12-13-11(14)6-2-3-7-15-9-10-5-1-4-8-16-10/h10H,1-9,12H2,(H,13,14). The van der Waals surface area contributed by atoms with Crippen LogP contribution in [0.15, 0.2) is 0 Å². The van der Waals surface area contributed by atoms with Gasteiger partial charge in [-0.05, 0) is 32.1 Å². The van der Waals surface area contributed by atoms with Crippen molar-refractivity contribution in [2.45, 2.75) is 44.6 Å². The maximum Gasteiger partial charge on any atom is 0.233 e. The van der Waals surface area contributed by atoms with Crippen LogP contribution in [-0.4, -0.2) is 31.8 Å². The highest BCUT2D eigenvalue weighted by Crippen LogP contribution is 2.12. The van der Waals surface area contributed by atoms with Gasteiger partial charge in [0.2, 0.25) is 5.91 Å². The van der Waals surface area contributed by atoms with Gasteiger partial charge in [-0.25, -0.2) is 5.84 Å². The molecule has 94 valence electrons. The van der Waals surface area contributed by atoms with Gasteiger partial charge in [0, 0.05) is 19.6 Å². The van der Waals surface area contributed by atoms with Crippen LogP contribution in [0.1, 0.15) is 38.5 Å². The molecule has 16 heavy (non-hydrogen) atoms. The zero-order valence-electron chi connectivity index (χ0n) is 9.74. The largest absolute Gasteiger partial charge is 0.379 e. The van der Waals surface area contributed by atoms with E-state index in [-0.39, 0.29) is 12.0 Å². The second-order valence-corrected chi connectivity index (χ2v) is 4.09. The maximum atomic E-state index is 10.8. The summed E-state index contributed by atoms with van der Waals surface area (Å²) in [7, 11) is 0. The molecule has 1 unspecified atom stereocenters. The molecular weight excluding hydrogens is 208 g/mol. The van der Waals surface area contributed by atoms with Crippen molar-refractivity contribution in [2.75, 3.05) is 19.8 Å². The number of rotatable bonds is 7. The van der Waals surface area contributed by atoms with Crippen LogP contribution in [0, 0.1) is 0 Å². The number of hydrogen-bond acceptors (Lipinski definition) is 4. The lowest BCUT2D eigenvalue weighted by Crippen LogP contribution is -2.29. The molecular formula is C11H22N2O3. The van der Waals surface area contributed by atoms with Crippen LogP contribution in [0.2, 0.25) is 0 Å². The Bertz CT molecular complexity index is 194. The molecule has 0 aromatic heterocycles. The van der Waals surface area contributed by atoms with Crippen molar-refractivity contribution in [3.8, 4) is 0 Å². The molecule has 5 heteroatoms. The molecule has 1 heterocycles. The van der Waals surface area contributed by atoms with E-state index in [1.165, 1.54) is 12.8 Å². The fourth-order valence-electron chi connectivity index (χ4n) is 1.72. The van der Waals surface area contributed by atoms with E-state index < -0.39 is 0 Å². The van der Waals surface area contributed by atoms with Gasteiger partial charge in [0.05, 0.1) is 12.7 Å². The lowest BCUT2D eigenvalue weighted by Gasteiger charge is -2.22. The fourth-order valence-corrected chi connectivity index (χ4v) is 1.72. The zero-order chi connectivity index (χ0) is 11.6. The quantitative estimate of drug-likeness (QED) is 0.293. The van der Waals surface area contributed by atoms with Crippen LogP contribution in [0.5, 0.6) is 0 Å². The summed E-state index contributed by atoms with van der Waals surface area (Å²) in [6, 6.07) is 0. The van der Waals surface area contributed by atoms with Crippen molar-refractivity contribution < 1.29 is 14.3 Å². The van der Waals surface area contributed by atoms with Crippen LogP contribution in [-0.2, 0) is 14.3 Å². The Morgan fingerprint density at radius 2 is 2.31 bits per heavy atom. The molecule has 0 radical (unpaired) electrons. The number of carbonyl (C=O) groups excluding carboxylic acids is 1. The van der Waals surface area contributed by atoms with Crippen LogP contribution >= 0.6 is 0 Å². The third-order valence-corrected chi connectivity index (χ3v) is 2.68. The van der Waals surface area contributed by atoms with Crippen molar-refractivity contribution in [1.29, 1.82) is 0 Å². The van der Waals surface area contributed by atoms with Gasteiger partial charge >= 0.3 is 0 Å². The van der Waals surface area contributed by atoms with Gasteiger partial charge in [-0.1, -0.05) is 0 Å². The van der Waals surface area contributed by atoms with Crippen molar-refractivity contribution in [3.05, 3.63) is 0 Å². The summed E-state index contributed by atoms with van der Waals surface area (Å²) in [5, 5.41) is 0. The minimum Gasteiger partial charge on any atom is -0.379 e. The monoisotopic (exact) mass is 230 g/mol. The molecule has 3 N–H and O–H groups in total. The van der Waals surface area contributed by atoms with Crippen molar-refractivity contribution in [3.63, 3.8) is 0 Å². The van der Waals surface area contributed by atoms with Gasteiger partial charge in [0.25, 0.3) is 0 Å². The van der Waals surface area contributed by atoms with Crippen molar-refractivity contribution >= 4 is 5.91 Å². The Morgan fingerprint density at radius 3 is 3.00 bits per heavy atom. The van der Waals surface area contributed by atoms with Crippen molar-refractivity contribution in [1.82, 2.24) is 5.43 Å². The molecule has 0 saturated carbocycles. The van der Waals surface area contributed by atoms with E-state index in [9.17, 15) is 4.79 Å². The normalized spacial score (nSPS) is 20.7. The topological polar surface area (TPSA) is 73.6 Å². The van der Waals surface area contributed by atoms with Gasteiger partial charge < -0.3 is 9.47 Å². The van der Waals surface area contributed by atoms with E-state index in [4.69, 9.17) is 15.3 Å². The molecule has 5 nitrogen and oxygen atoms in total. The minimum atomic E-state index is -0.115. The molecule has 0 bridgehead atoms. The number of carbonyl (C=O) groups is 1. The first kappa shape index (κ1) is 13.4. The van der Waals surface area contributed by atoms with Gasteiger partial charge in [-0.3, -0.25) is 10.2 Å². The van der Waals surface area contributed by atoms with Gasteiger partial charge in [-0.15, -0.1) is 0 Å². The minimum absolute atomic E-state index is 0.115. The zero-order valence-corrected chi connectivity index (χ0v) is 9.74. The molecule has 1 atom stereocenters. The third kappa shape index (κ3) is 6.05. The fraction of sp³-hybridized carbons (Fsp3) is 0.909. The number of nitrogens with two attached hydrogens (primary N) is 1. The van der Waals surface area contributed by atoms with Gasteiger partial charge in [0.15, 0.2) is 0 Å². The molecule has 1 rings (SSSR count). The average Bonchev–Trinajstić information content (AvgIpc) is 2.34. The Balaban J connectivity index is 1.85. The number of unbranched alkanes of at least 4 members (excludes halogenated alkanes) is 1. The van der Waals surface area contributed by atoms with Crippen molar-refractivity contribution in [2.24, 2.45) is 5.84 Å². The maximum absolute atomic E-state index is 10.8. The lowest BCUT2D eigenvalue weighted by molar-refractivity contribution is -0.121. The summed E-state index contributed by atoms with van der Waals surface area (Å²) in [4.78, 5) is 10.8. The Morgan fingerprint density at radius 1 is 1.44 bits per heavy atom. The number of amides is 1. The Labute approximate surface area is 96.6 Å². The molecule has 1 aliphatic rings. The summed E-state index contributed by atoms with van der Waals surface area (Å²) in [5.41, 5.74) is 2.11. The Hall–Kier alpha value is -0.650. The van der Waals surface area contributed by atoms with E-state index in [1.807, 2.05) is 0 Å². The van der Waals surface area contributed by atoms with Crippen LogP contribution in [0.4, 0.5) is 0 Å². The summed E-state index contributed by atoms with van der Waals surface area (Å²) in [6.07, 6.45) is 5.97. The predicted octanol–water partition coefficient (Wildman–Crippen LogP) is 0.732. The predicted molar refractivity (Wildman–Crippen MR) is 60.6 cm³/mol. The number of nitrogens with one attached hydrogen (secondary N) is 1. The molecule has 0 aliphatic carbocycles. The van der Waals surface area contributed by atoms with Gasteiger partial charge in [0.1, 0.15) is 0 Å². The van der Waals surface area contributed by atoms with Gasteiger partial charge in [-0.2, -0.15) is 0 Å². The molecule has 1 amide bonds. The third-order valence-electron chi connectivity index (χ3n) is 2.68. The summed E-state index contributed by atoms with van der Waals surface area (Å²) in [5.74, 6) is 4.85. The number of hydrogen-bond donors (Lipinski definition) is 2. The summed E-state index contributed by atoms with van der Waals surface area (Å²) < 4.78 is 11.0. The summed E-state index contributed by atoms with van der Waals surface area (Å²) >= 11 is 0. The first-order valence-electron chi connectivity index (χ1n) is 6.01. The first-order valence-corrected chi connectivity index (χ1v) is 6.01. The summed E-state index contributed by atoms with van der Waals surface area (Å²) in [6.45, 7) is 2.24. The van der Waals surface area contributed by atoms with Crippen LogP contribution < -0.4 is 11.3 Å². The first-order chi connectivity index (χ1) is 7.83. The SMILES string of the molecule is NNC(=O)CCCCOCC1CCCCO1. The highest BCUT2D eigenvalue weighted by atomic mass is 16.5. The number of ether oxygens (including phenoxy) is 2.